The predicted molar refractivity (Wildman–Crippen MR) is 275 cm³/mol. The van der Waals surface area contributed by atoms with E-state index in [0.717, 1.165) is 17.1 Å². The standard InChI is InChI=1S/C64H44N2/c1-63(2)53-24-10-6-20-47(53)51-39-42(33-37-54(51)63)41-31-35-45(36-32-41)65(44-17-4-3-5-18-44)59-28-13-8-19-46(59)43-34-38-56-52(40-43)48-21-7-11-25-55(48)64(56)57-26-12-15-30-61(57)66-60-29-14-9-22-49(60)50-23-16-27-58(64)62(50)66/h3-40H,1-2H3. The van der Waals surface area contributed by atoms with Crippen molar-refractivity contribution in [1.82, 2.24) is 4.57 Å². The quantitative estimate of drug-likeness (QED) is 0.168. The summed E-state index contributed by atoms with van der Waals surface area (Å²) in [6, 6.07) is 86.2. The van der Waals surface area contributed by atoms with E-state index in [0.29, 0.717) is 0 Å². The molecule has 310 valence electrons. The van der Waals surface area contributed by atoms with Gasteiger partial charge in [-0.2, -0.15) is 0 Å². The van der Waals surface area contributed by atoms with Crippen LogP contribution in [-0.2, 0) is 10.8 Å². The summed E-state index contributed by atoms with van der Waals surface area (Å²) < 4.78 is 2.52. The van der Waals surface area contributed by atoms with Crippen LogP contribution in [0.25, 0.3) is 72.0 Å². The van der Waals surface area contributed by atoms with E-state index in [1.165, 1.54) is 105 Å². The van der Waals surface area contributed by atoms with Crippen LogP contribution in [0.3, 0.4) is 0 Å². The molecule has 1 unspecified atom stereocenters. The van der Waals surface area contributed by atoms with E-state index in [9.17, 15) is 0 Å². The van der Waals surface area contributed by atoms with Gasteiger partial charge in [-0.1, -0.05) is 190 Å². The van der Waals surface area contributed by atoms with Gasteiger partial charge in [0.1, 0.15) is 0 Å². The van der Waals surface area contributed by atoms with Crippen LogP contribution in [0.4, 0.5) is 17.1 Å². The molecule has 1 spiro atoms. The molecule has 0 saturated heterocycles. The fourth-order valence-corrected chi connectivity index (χ4v) is 12.4. The van der Waals surface area contributed by atoms with Crippen molar-refractivity contribution in [1.29, 1.82) is 0 Å². The maximum absolute atomic E-state index is 2.52. The van der Waals surface area contributed by atoms with Crippen molar-refractivity contribution >= 4 is 38.9 Å². The summed E-state index contributed by atoms with van der Waals surface area (Å²) in [5.74, 6) is 0. The monoisotopic (exact) mass is 840 g/mol. The van der Waals surface area contributed by atoms with Crippen LogP contribution in [0, 0.1) is 0 Å². The lowest BCUT2D eigenvalue weighted by Gasteiger charge is -2.39. The number of rotatable bonds is 5. The topological polar surface area (TPSA) is 8.17 Å². The summed E-state index contributed by atoms with van der Waals surface area (Å²) >= 11 is 0. The molecular formula is C64H44N2. The van der Waals surface area contributed by atoms with Crippen LogP contribution in [0.5, 0.6) is 0 Å². The van der Waals surface area contributed by atoms with Gasteiger partial charge in [-0.25, -0.2) is 0 Å². The highest BCUT2D eigenvalue weighted by Gasteiger charge is 2.50. The van der Waals surface area contributed by atoms with Gasteiger partial charge >= 0.3 is 0 Å². The normalized spacial score (nSPS) is 15.6. The van der Waals surface area contributed by atoms with Gasteiger partial charge in [0.05, 0.1) is 27.8 Å². The molecule has 1 aliphatic heterocycles. The average Bonchev–Trinajstić information content (AvgIpc) is 3.95. The van der Waals surface area contributed by atoms with Crippen molar-refractivity contribution in [3.63, 3.8) is 0 Å². The Bertz CT molecular complexity index is 3800. The molecule has 0 saturated carbocycles. The molecule has 11 aromatic rings. The molecule has 2 heterocycles. The molecule has 3 aliphatic rings. The fourth-order valence-electron chi connectivity index (χ4n) is 12.4. The number of benzene rings is 10. The molecule has 1 atom stereocenters. The molecule has 0 N–H and O–H groups in total. The molecule has 2 aliphatic carbocycles. The zero-order chi connectivity index (χ0) is 43.7. The number of hydrogen-bond donors (Lipinski definition) is 0. The van der Waals surface area contributed by atoms with Crippen LogP contribution < -0.4 is 4.90 Å². The van der Waals surface area contributed by atoms with Gasteiger partial charge in [0.25, 0.3) is 0 Å². The number of aromatic nitrogens is 1. The maximum atomic E-state index is 2.52. The Hall–Kier alpha value is -8.20. The summed E-state index contributed by atoms with van der Waals surface area (Å²) in [6.45, 7) is 4.69. The smallest absolute Gasteiger partial charge is 0.0754 e. The van der Waals surface area contributed by atoms with E-state index in [2.05, 4.69) is 254 Å². The van der Waals surface area contributed by atoms with Crippen molar-refractivity contribution in [3.05, 3.63) is 264 Å². The predicted octanol–water partition coefficient (Wildman–Crippen LogP) is 16.6. The lowest BCUT2D eigenvalue weighted by Crippen LogP contribution is -2.33. The average molecular weight is 841 g/mol. The Morgan fingerprint density at radius 2 is 0.879 bits per heavy atom. The molecule has 66 heavy (non-hydrogen) atoms. The number of nitrogens with zero attached hydrogens (tertiary/aromatic N) is 2. The molecule has 0 fully saturated rings. The van der Waals surface area contributed by atoms with Gasteiger partial charge in [-0.05, 0) is 127 Å². The zero-order valence-electron chi connectivity index (χ0n) is 36.8. The molecule has 10 aromatic carbocycles. The second-order valence-corrected chi connectivity index (χ2v) is 18.8. The van der Waals surface area contributed by atoms with E-state index in [1.54, 1.807) is 0 Å². The van der Waals surface area contributed by atoms with Crippen LogP contribution in [0.15, 0.2) is 231 Å². The van der Waals surface area contributed by atoms with Gasteiger partial charge in [-0.3, -0.25) is 0 Å². The van der Waals surface area contributed by atoms with Crippen LogP contribution in [0.1, 0.15) is 47.2 Å². The zero-order valence-corrected chi connectivity index (χ0v) is 36.8. The second-order valence-electron chi connectivity index (χ2n) is 18.8. The Morgan fingerprint density at radius 3 is 1.71 bits per heavy atom. The molecule has 2 heteroatoms. The van der Waals surface area contributed by atoms with Gasteiger partial charge in [0.15, 0.2) is 0 Å². The van der Waals surface area contributed by atoms with Crippen LogP contribution in [0.2, 0.25) is 0 Å². The van der Waals surface area contributed by atoms with Crippen LogP contribution >= 0.6 is 0 Å². The molecular weight excluding hydrogens is 797 g/mol. The van der Waals surface area contributed by atoms with Gasteiger partial charge in [-0.15, -0.1) is 0 Å². The molecule has 1 aromatic heterocycles. The summed E-state index contributed by atoms with van der Waals surface area (Å²) in [6.07, 6.45) is 0. The number of para-hydroxylation sites is 5. The van der Waals surface area contributed by atoms with Crippen molar-refractivity contribution < 1.29 is 0 Å². The molecule has 0 bridgehead atoms. The maximum Gasteiger partial charge on any atom is 0.0754 e. The summed E-state index contributed by atoms with van der Waals surface area (Å²) in [5, 5.41) is 2.58. The first-order valence-corrected chi connectivity index (χ1v) is 23.2. The van der Waals surface area contributed by atoms with E-state index in [4.69, 9.17) is 0 Å². The molecule has 14 rings (SSSR count). The minimum absolute atomic E-state index is 0.0139. The van der Waals surface area contributed by atoms with E-state index >= 15 is 0 Å². The first kappa shape index (κ1) is 37.2. The third-order valence-electron chi connectivity index (χ3n) is 15.2. The lowest BCUT2D eigenvalue weighted by molar-refractivity contribution is 0.660. The van der Waals surface area contributed by atoms with E-state index < -0.39 is 5.41 Å². The molecule has 2 nitrogen and oxygen atoms in total. The molecule has 0 amide bonds. The summed E-state index contributed by atoms with van der Waals surface area (Å²) in [7, 11) is 0. The van der Waals surface area contributed by atoms with Crippen molar-refractivity contribution in [2.24, 2.45) is 0 Å². The minimum atomic E-state index is -0.485. The number of fused-ring (bicyclic) bond motifs is 15. The Labute approximate surface area is 385 Å². The van der Waals surface area contributed by atoms with E-state index in [-0.39, 0.29) is 5.41 Å². The van der Waals surface area contributed by atoms with Gasteiger partial charge in [0.2, 0.25) is 0 Å². The minimum Gasteiger partial charge on any atom is -0.310 e. The van der Waals surface area contributed by atoms with Crippen molar-refractivity contribution in [2.75, 3.05) is 4.90 Å². The van der Waals surface area contributed by atoms with Gasteiger partial charge in [0, 0.05) is 33.1 Å². The summed E-state index contributed by atoms with van der Waals surface area (Å²) in [4.78, 5) is 2.42. The van der Waals surface area contributed by atoms with Crippen molar-refractivity contribution in [2.45, 2.75) is 24.7 Å². The first-order valence-electron chi connectivity index (χ1n) is 23.2. The lowest BCUT2D eigenvalue weighted by atomic mass is 9.65. The highest BCUT2D eigenvalue weighted by atomic mass is 15.1. The largest absolute Gasteiger partial charge is 0.310 e. The third kappa shape index (κ3) is 4.91. The number of anilines is 3. The third-order valence-corrected chi connectivity index (χ3v) is 15.2. The Kier molecular flexibility index (Phi) is 7.70. The number of hydrogen-bond acceptors (Lipinski definition) is 1. The Morgan fingerprint density at radius 1 is 0.348 bits per heavy atom. The van der Waals surface area contributed by atoms with Crippen LogP contribution in [-0.4, -0.2) is 4.57 Å². The Balaban J connectivity index is 0.920. The highest BCUT2D eigenvalue weighted by Crippen LogP contribution is 2.61. The first-order chi connectivity index (χ1) is 32.5. The van der Waals surface area contributed by atoms with E-state index in [1.807, 2.05) is 0 Å². The SMILES string of the molecule is CC1(C)c2ccccc2-c2cc(-c3ccc(N(c4ccccc4)c4ccccc4-c4ccc5c(c4)-c4ccccc4C54c5ccccc5-n5c6ccccc6c6cccc4c65)cc3)ccc21. The van der Waals surface area contributed by atoms with Crippen molar-refractivity contribution in [3.8, 4) is 50.2 Å². The fraction of sp³-hybridized carbons (Fsp3) is 0.0625. The molecule has 0 radical (unpaired) electrons. The highest BCUT2D eigenvalue weighted by molar-refractivity contribution is 6.13. The second kappa shape index (κ2) is 13.7. The summed E-state index contributed by atoms with van der Waals surface area (Å²) in [5.41, 5.74) is 24.8. The van der Waals surface area contributed by atoms with Gasteiger partial charge < -0.3 is 9.47 Å².